The van der Waals surface area contributed by atoms with Crippen molar-refractivity contribution in [3.8, 4) is 5.75 Å². The molecule has 0 aliphatic carbocycles. The molecule has 1 aromatic rings. The van der Waals surface area contributed by atoms with Gasteiger partial charge in [0.25, 0.3) is 0 Å². The summed E-state index contributed by atoms with van der Waals surface area (Å²) < 4.78 is 33.4. The van der Waals surface area contributed by atoms with Crippen LogP contribution in [-0.2, 0) is 20.7 Å². The number of hydrogen-bond donors (Lipinski definition) is 2. The molecule has 11 heteroatoms. The molecule has 5 heterocycles. The number of hydrogen-bond acceptors (Lipinski definition) is 7. The second kappa shape index (κ2) is 15.5. The number of likely N-dealkylation sites (tertiary alicyclic amines) is 2. The summed E-state index contributed by atoms with van der Waals surface area (Å²) in [7, 11) is 0. The van der Waals surface area contributed by atoms with E-state index >= 15 is 0 Å². The predicted molar refractivity (Wildman–Crippen MR) is 162 cm³/mol. The van der Waals surface area contributed by atoms with Crippen molar-refractivity contribution in [2.75, 3.05) is 85.5 Å². The molecule has 0 spiro atoms. The zero-order valence-electron chi connectivity index (χ0n) is 24.9. The molecule has 236 valence electrons. The van der Waals surface area contributed by atoms with Crippen molar-refractivity contribution >= 4 is 23.7 Å². The molecule has 1 unspecified atom stereocenters. The van der Waals surface area contributed by atoms with Gasteiger partial charge in [0.05, 0.1) is 65.4 Å². The molecule has 43 heavy (non-hydrogen) atoms. The van der Waals surface area contributed by atoms with E-state index in [1.165, 1.54) is 6.07 Å². The van der Waals surface area contributed by atoms with Crippen LogP contribution in [0.15, 0.2) is 35.8 Å². The van der Waals surface area contributed by atoms with E-state index in [1.54, 1.807) is 17.0 Å². The first-order valence-corrected chi connectivity index (χ1v) is 16.0. The second-order valence-corrected chi connectivity index (χ2v) is 12.7. The Labute approximate surface area is 258 Å². The molecule has 5 aliphatic rings. The average molecular weight is 620 g/mol. The van der Waals surface area contributed by atoms with Crippen LogP contribution in [0.1, 0.15) is 31.2 Å². The lowest BCUT2D eigenvalue weighted by Crippen LogP contribution is -2.53. The number of carbonyl (C=O) groups excluding carboxylic acids is 1. The standard InChI is InChI=1S/C32H45ClFN4O5/c33-32-8-5-30(38(23-32)24-32)36-10-6-25(7-11-36)2-1-13-43-28-4-3-27(29(34)19-28)18-31(40)37-21-26(22-37)20-35-9-14-41-16-17-42-15-12-39/h3-4,8,19,23,25-26,35,39H,1-2,6-7,9-18,20-22,24H2/q+1. The maximum Gasteiger partial charge on any atom is 0.321 e. The maximum atomic E-state index is 14.8. The Bertz CT molecular complexity index is 1190. The lowest BCUT2D eigenvalue weighted by atomic mass is 9.92. The molecular formula is C32H45ClFN4O5+. The molecule has 0 radical (unpaired) electrons. The van der Waals surface area contributed by atoms with Crippen molar-refractivity contribution in [3.05, 3.63) is 47.2 Å². The monoisotopic (exact) mass is 619 g/mol. The van der Waals surface area contributed by atoms with E-state index in [4.69, 9.17) is 30.9 Å². The molecule has 0 aromatic heterocycles. The third kappa shape index (κ3) is 9.03. The van der Waals surface area contributed by atoms with Crippen molar-refractivity contribution < 1.29 is 33.1 Å². The fourth-order valence-electron chi connectivity index (χ4n) is 6.02. The number of halogens is 2. The average Bonchev–Trinajstić information content (AvgIpc) is 2.96. The predicted octanol–water partition coefficient (Wildman–Crippen LogP) is 2.40. The number of nitrogens with one attached hydrogen (secondary N) is 1. The lowest BCUT2D eigenvalue weighted by molar-refractivity contribution is -0.521. The third-order valence-corrected chi connectivity index (χ3v) is 8.90. The van der Waals surface area contributed by atoms with E-state index in [1.807, 2.05) is 6.08 Å². The van der Waals surface area contributed by atoms with Crippen molar-refractivity contribution in [2.45, 2.75) is 37.0 Å². The molecule has 2 N–H and O–H groups in total. The quantitative estimate of drug-likeness (QED) is 0.113. The highest BCUT2D eigenvalue weighted by molar-refractivity contribution is 6.34. The number of aliphatic hydroxyl groups excluding tert-OH is 1. The molecule has 2 bridgehead atoms. The molecule has 0 saturated carbocycles. The van der Waals surface area contributed by atoms with E-state index in [9.17, 15) is 9.18 Å². The Balaban J connectivity index is 0.905. The van der Waals surface area contributed by atoms with Crippen LogP contribution in [0.2, 0.25) is 0 Å². The van der Waals surface area contributed by atoms with Gasteiger partial charge in [0.2, 0.25) is 5.91 Å². The van der Waals surface area contributed by atoms with E-state index in [0.29, 0.717) is 69.3 Å². The summed E-state index contributed by atoms with van der Waals surface area (Å²) >= 11 is 6.37. The van der Waals surface area contributed by atoms with Gasteiger partial charge in [0.15, 0.2) is 4.87 Å². The zero-order chi connectivity index (χ0) is 30.1. The SMILES string of the molecule is O=C(Cc1ccc(OCCCC2CCN(C3=C=CC4(Cl)C=[N+]3C4)CC2)cc1F)N1CC(CNCCOCCOCCO)C1. The topological polar surface area (TPSA) is 86.5 Å². The van der Waals surface area contributed by atoms with Crippen LogP contribution < -0.4 is 10.1 Å². The first kappa shape index (κ1) is 31.9. The van der Waals surface area contributed by atoms with Gasteiger partial charge in [0, 0.05) is 38.2 Å². The van der Waals surface area contributed by atoms with Gasteiger partial charge >= 0.3 is 5.82 Å². The summed E-state index contributed by atoms with van der Waals surface area (Å²) in [5, 5.41) is 12.0. The number of ether oxygens (including phenoxy) is 3. The summed E-state index contributed by atoms with van der Waals surface area (Å²) in [6, 6.07) is 4.84. The van der Waals surface area contributed by atoms with Crippen molar-refractivity contribution in [1.29, 1.82) is 0 Å². The first-order valence-electron chi connectivity index (χ1n) is 15.6. The van der Waals surface area contributed by atoms with Crippen LogP contribution in [-0.4, -0.2) is 122 Å². The number of piperidine rings is 1. The minimum atomic E-state index is -0.393. The van der Waals surface area contributed by atoms with Gasteiger partial charge in [-0.2, -0.15) is 0 Å². The highest BCUT2D eigenvalue weighted by Gasteiger charge is 2.44. The molecule has 1 aromatic carbocycles. The highest BCUT2D eigenvalue weighted by Crippen LogP contribution is 2.32. The van der Waals surface area contributed by atoms with Crippen molar-refractivity contribution in [1.82, 2.24) is 15.1 Å². The Morgan fingerprint density at radius 1 is 1.14 bits per heavy atom. The van der Waals surface area contributed by atoms with E-state index in [0.717, 1.165) is 64.2 Å². The summed E-state index contributed by atoms with van der Waals surface area (Å²) in [6.07, 6.45) is 8.43. The molecule has 1 atom stereocenters. The number of alkyl halides is 1. The van der Waals surface area contributed by atoms with Gasteiger partial charge in [-0.15, -0.1) is 11.6 Å². The fraction of sp³-hybridized carbons (Fsp3) is 0.656. The number of benzene rings is 1. The molecule has 2 fully saturated rings. The Morgan fingerprint density at radius 2 is 1.91 bits per heavy atom. The summed E-state index contributed by atoms with van der Waals surface area (Å²) in [4.78, 5) is 16.5. The highest BCUT2D eigenvalue weighted by atomic mass is 35.5. The number of aliphatic hydroxyl groups is 1. The molecule has 2 saturated heterocycles. The Kier molecular flexibility index (Phi) is 11.5. The number of rotatable bonds is 18. The zero-order valence-corrected chi connectivity index (χ0v) is 25.7. The summed E-state index contributed by atoms with van der Waals surface area (Å²) in [5.74, 6) is 2.29. The smallest absolute Gasteiger partial charge is 0.321 e. The van der Waals surface area contributed by atoms with E-state index < -0.39 is 5.82 Å². The lowest BCUT2D eigenvalue weighted by Gasteiger charge is -2.39. The molecule has 6 rings (SSSR count). The van der Waals surface area contributed by atoms with Gasteiger partial charge in [-0.25, -0.2) is 8.97 Å². The van der Waals surface area contributed by atoms with Crippen molar-refractivity contribution in [2.24, 2.45) is 11.8 Å². The first-order chi connectivity index (χ1) is 20.9. The Hall–Kier alpha value is -2.46. The van der Waals surface area contributed by atoms with Crippen LogP contribution in [0.3, 0.4) is 0 Å². The van der Waals surface area contributed by atoms with Crippen LogP contribution in [0.25, 0.3) is 0 Å². The maximum absolute atomic E-state index is 14.8. The summed E-state index contributed by atoms with van der Waals surface area (Å²) in [6.45, 7) is 8.29. The molecular weight excluding hydrogens is 575 g/mol. The van der Waals surface area contributed by atoms with Gasteiger partial charge in [-0.3, -0.25) is 9.69 Å². The summed E-state index contributed by atoms with van der Waals surface area (Å²) in [5.41, 5.74) is 3.76. The second-order valence-electron chi connectivity index (χ2n) is 12.0. The van der Waals surface area contributed by atoms with Gasteiger partial charge < -0.3 is 29.5 Å². The Morgan fingerprint density at radius 3 is 2.60 bits per heavy atom. The van der Waals surface area contributed by atoms with Crippen LogP contribution >= 0.6 is 11.6 Å². The molecule has 5 aliphatic heterocycles. The van der Waals surface area contributed by atoms with Crippen LogP contribution in [0, 0.1) is 17.7 Å². The molecule has 9 nitrogen and oxygen atoms in total. The largest absolute Gasteiger partial charge is 0.493 e. The van der Waals surface area contributed by atoms with Crippen LogP contribution in [0.4, 0.5) is 4.39 Å². The van der Waals surface area contributed by atoms with Gasteiger partial charge in [-0.1, -0.05) is 6.07 Å². The van der Waals surface area contributed by atoms with Crippen molar-refractivity contribution in [3.63, 3.8) is 0 Å². The van der Waals surface area contributed by atoms with E-state index in [-0.39, 0.29) is 23.8 Å². The van der Waals surface area contributed by atoms with Gasteiger partial charge in [0.1, 0.15) is 18.1 Å². The number of amides is 1. The fourth-order valence-corrected chi connectivity index (χ4v) is 6.33. The van der Waals surface area contributed by atoms with Gasteiger partial charge in [-0.05, 0) is 55.0 Å². The minimum Gasteiger partial charge on any atom is -0.493 e. The van der Waals surface area contributed by atoms with E-state index in [2.05, 4.69) is 26.7 Å². The third-order valence-electron chi connectivity index (χ3n) is 8.58. The normalized spacial score (nSPS) is 21.7. The minimum absolute atomic E-state index is 0.0206. The van der Waals surface area contributed by atoms with Crippen LogP contribution in [0.5, 0.6) is 5.75 Å². The number of carbonyl (C=O) groups is 1. The molecule has 1 amide bonds. The number of nitrogens with zero attached hydrogens (tertiary/aromatic N) is 3.